The topological polar surface area (TPSA) is 40.9 Å². The molecular weight excluding hydrogens is 182 g/mol. The first kappa shape index (κ1) is 12.3. The second-order valence-corrected chi connectivity index (χ2v) is 3.63. The lowest BCUT2D eigenvalue weighted by Gasteiger charge is -2.02. The maximum Gasteiger partial charge on any atom is 0.121 e. The van der Waals surface area contributed by atoms with Gasteiger partial charge in [0.25, 0.3) is 0 Å². The third-order valence-electron chi connectivity index (χ3n) is 1.80. The minimum atomic E-state index is 0.0495. The molecule has 0 heterocycles. The minimum absolute atomic E-state index is 0.0495. The summed E-state index contributed by atoms with van der Waals surface area (Å²) >= 11 is 4.18. The molecule has 0 saturated heterocycles. The maximum absolute atomic E-state index is 9.92. The van der Waals surface area contributed by atoms with Crippen molar-refractivity contribution in [3.8, 4) is 6.07 Å². The van der Waals surface area contributed by atoms with Crippen LogP contribution in [0.25, 0.3) is 0 Å². The normalized spacial score (nSPS) is 11.4. The zero-order chi connectivity index (χ0) is 9.94. The lowest BCUT2D eigenvalue weighted by atomic mass is 10.1. The van der Waals surface area contributed by atoms with Gasteiger partial charge in [-0.25, -0.2) is 4.79 Å². The molecule has 1 atom stereocenters. The molecule has 0 aromatic heterocycles. The SMILES string of the molecule is N#CCCCCCCC(S)C=C=O. The van der Waals surface area contributed by atoms with E-state index in [2.05, 4.69) is 18.7 Å². The molecule has 0 rings (SSSR count). The lowest BCUT2D eigenvalue weighted by molar-refractivity contribution is 0.567. The third kappa shape index (κ3) is 9.20. The Hall–Kier alpha value is -0.710. The molecule has 1 unspecified atom stereocenters. The van der Waals surface area contributed by atoms with E-state index in [1.807, 2.05) is 0 Å². The van der Waals surface area contributed by atoms with E-state index in [4.69, 9.17) is 5.26 Å². The smallest absolute Gasteiger partial charge is 0.121 e. The molecule has 0 aliphatic carbocycles. The Morgan fingerprint density at radius 1 is 1.31 bits per heavy atom. The first-order chi connectivity index (χ1) is 6.31. The van der Waals surface area contributed by atoms with Crippen LogP contribution >= 0.6 is 12.6 Å². The Morgan fingerprint density at radius 3 is 2.62 bits per heavy atom. The predicted molar refractivity (Wildman–Crippen MR) is 56.4 cm³/mol. The molecule has 0 bridgehead atoms. The van der Waals surface area contributed by atoms with Crippen LogP contribution in [0.15, 0.2) is 6.08 Å². The van der Waals surface area contributed by atoms with Gasteiger partial charge in [0.2, 0.25) is 0 Å². The summed E-state index contributed by atoms with van der Waals surface area (Å²) in [6.45, 7) is 0. The summed E-state index contributed by atoms with van der Waals surface area (Å²) in [6, 6.07) is 2.12. The van der Waals surface area contributed by atoms with Crippen LogP contribution in [0.4, 0.5) is 0 Å². The van der Waals surface area contributed by atoms with Crippen LogP contribution in [0.3, 0.4) is 0 Å². The van der Waals surface area contributed by atoms with Gasteiger partial charge in [-0.05, 0) is 12.8 Å². The Labute approximate surface area is 85.0 Å². The second kappa shape index (κ2) is 9.38. The first-order valence-electron chi connectivity index (χ1n) is 4.57. The summed E-state index contributed by atoms with van der Waals surface area (Å²) in [5, 5.41) is 8.32. The monoisotopic (exact) mass is 197 g/mol. The Balaban J connectivity index is 3.16. The highest BCUT2D eigenvalue weighted by Crippen LogP contribution is 2.10. The van der Waals surface area contributed by atoms with Gasteiger partial charge in [-0.15, -0.1) is 0 Å². The van der Waals surface area contributed by atoms with Crippen molar-refractivity contribution in [1.29, 1.82) is 5.26 Å². The third-order valence-corrected chi connectivity index (χ3v) is 2.21. The van der Waals surface area contributed by atoms with E-state index in [0.717, 1.165) is 32.1 Å². The van der Waals surface area contributed by atoms with Crippen LogP contribution in [0.2, 0.25) is 0 Å². The number of hydrogen-bond acceptors (Lipinski definition) is 3. The highest BCUT2D eigenvalue weighted by atomic mass is 32.1. The molecular formula is C10H15NOS. The van der Waals surface area contributed by atoms with E-state index >= 15 is 0 Å². The highest BCUT2D eigenvalue weighted by Gasteiger charge is 1.97. The number of thiol groups is 1. The summed E-state index contributed by atoms with van der Waals surface area (Å²) in [4.78, 5) is 9.92. The molecule has 0 radical (unpaired) electrons. The second-order valence-electron chi connectivity index (χ2n) is 2.96. The fourth-order valence-electron chi connectivity index (χ4n) is 1.07. The number of hydrogen-bond donors (Lipinski definition) is 1. The van der Waals surface area contributed by atoms with Crippen LogP contribution < -0.4 is 0 Å². The van der Waals surface area contributed by atoms with Gasteiger partial charge in [-0.1, -0.05) is 19.3 Å². The van der Waals surface area contributed by atoms with Gasteiger partial charge in [0.15, 0.2) is 0 Å². The highest BCUT2D eigenvalue weighted by molar-refractivity contribution is 7.81. The van der Waals surface area contributed by atoms with Crippen molar-refractivity contribution in [2.24, 2.45) is 0 Å². The summed E-state index contributed by atoms with van der Waals surface area (Å²) < 4.78 is 0. The van der Waals surface area contributed by atoms with Gasteiger partial charge in [0, 0.05) is 17.7 Å². The van der Waals surface area contributed by atoms with Crippen molar-refractivity contribution in [3.05, 3.63) is 6.08 Å². The molecule has 0 fully saturated rings. The minimum Gasteiger partial charge on any atom is -0.234 e. The molecule has 0 N–H and O–H groups in total. The number of rotatable bonds is 7. The standard InChI is InChI=1S/C10H15NOS/c11-8-5-3-1-2-4-6-10(13)7-9-12/h7,10,13H,1-6H2. The molecule has 0 amide bonds. The van der Waals surface area contributed by atoms with Crippen LogP contribution in [0, 0.1) is 11.3 Å². The number of nitrogens with zero attached hydrogens (tertiary/aromatic N) is 1. The van der Waals surface area contributed by atoms with Gasteiger partial charge in [0.1, 0.15) is 5.94 Å². The van der Waals surface area contributed by atoms with E-state index in [9.17, 15) is 4.79 Å². The maximum atomic E-state index is 9.92. The van der Waals surface area contributed by atoms with Gasteiger partial charge < -0.3 is 0 Å². The van der Waals surface area contributed by atoms with Crippen molar-refractivity contribution in [3.63, 3.8) is 0 Å². The van der Waals surface area contributed by atoms with Crippen LogP contribution in [-0.4, -0.2) is 11.2 Å². The molecule has 72 valence electrons. The molecule has 0 aliphatic heterocycles. The molecule has 2 nitrogen and oxygen atoms in total. The molecule has 13 heavy (non-hydrogen) atoms. The summed E-state index contributed by atoms with van der Waals surface area (Å²) in [6.07, 6.45) is 7.28. The fourth-order valence-corrected chi connectivity index (χ4v) is 1.32. The average Bonchev–Trinajstić information content (AvgIpc) is 2.11. The van der Waals surface area contributed by atoms with Crippen LogP contribution in [0.5, 0.6) is 0 Å². The summed E-state index contributed by atoms with van der Waals surface area (Å²) in [5.74, 6) is 1.73. The molecule has 0 aromatic carbocycles. The summed E-state index contributed by atoms with van der Waals surface area (Å²) in [5.41, 5.74) is 0. The largest absolute Gasteiger partial charge is 0.234 e. The Bertz CT molecular complexity index is 203. The van der Waals surface area contributed by atoms with Crippen molar-refractivity contribution in [2.75, 3.05) is 0 Å². The van der Waals surface area contributed by atoms with Crippen molar-refractivity contribution < 1.29 is 4.79 Å². The van der Waals surface area contributed by atoms with Gasteiger partial charge in [-0.3, -0.25) is 0 Å². The quantitative estimate of drug-likeness (QED) is 0.387. The van der Waals surface area contributed by atoms with Crippen LogP contribution in [0.1, 0.15) is 38.5 Å². The number of carbonyl (C=O) groups excluding carboxylic acids is 1. The van der Waals surface area contributed by atoms with Gasteiger partial charge >= 0.3 is 0 Å². The van der Waals surface area contributed by atoms with Crippen molar-refractivity contribution in [1.82, 2.24) is 0 Å². The van der Waals surface area contributed by atoms with Gasteiger partial charge in [-0.2, -0.15) is 17.9 Å². The van der Waals surface area contributed by atoms with Gasteiger partial charge in [0.05, 0.1) is 6.07 Å². The van der Waals surface area contributed by atoms with E-state index < -0.39 is 0 Å². The molecule has 0 aromatic rings. The van der Waals surface area contributed by atoms with E-state index in [1.54, 1.807) is 5.94 Å². The van der Waals surface area contributed by atoms with E-state index in [0.29, 0.717) is 6.42 Å². The zero-order valence-electron chi connectivity index (χ0n) is 7.70. The molecule has 0 saturated carbocycles. The fraction of sp³-hybridized carbons (Fsp3) is 0.700. The van der Waals surface area contributed by atoms with Crippen LogP contribution in [-0.2, 0) is 4.79 Å². The zero-order valence-corrected chi connectivity index (χ0v) is 8.59. The predicted octanol–water partition coefficient (Wildman–Crippen LogP) is 2.54. The number of unbranched alkanes of at least 4 members (excludes halogenated alkanes) is 4. The van der Waals surface area contributed by atoms with E-state index in [-0.39, 0.29) is 5.25 Å². The summed E-state index contributed by atoms with van der Waals surface area (Å²) in [7, 11) is 0. The first-order valence-corrected chi connectivity index (χ1v) is 5.09. The van der Waals surface area contributed by atoms with Crippen molar-refractivity contribution in [2.45, 2.75) is 43.8 Å². The molecule has 0 aliphatic rings. The van der Waals surface area contributed by atoms with Crippen molar-refractivity contribution >= 4 is 18.6 Å². The molecule has 0 spiro atoms. The average molecular weight is 197 g/mol. The Kier molecular flexibility index (Phi) is 8.87. The lowest BCUT2D eigenvalue weighted by Crippen LogP contribution is -1.93. The molecule has 3 heteroatoms. The van der Waals surface area contributed by atoms with E-state index in [1.165, 1.54) is 6.08 Å². The number of nitriles is 1. The Morgan fingerprint density at radius 2 is 2.00 bits per heavy atom.